The van der Waals surface area contributed by atoms with E-state index in [0.29, 0.717) is 6.42 Å². The van der Waals surface area contributed by atoms with Gasteiger partial charge in [-0.05, 0) is 19.1 Å². The Hall–Kier alpha value is -1.11. The van der Waals surface area contributed by atoms with E-state index in [1.807, 2.05) is 24.0 Å². The minimum absolute atomic E-state index is 0. The summed E-state index contributed by atoms with van der Waals surface area (Å²) in [6, 6.07) is 3.73. The number of carbonyl (C=O) groups is 1. The first-order valence-corrected chi connectivity index (χ1v) is 6.23. The van der Waals surface area contributed by atoms with E-state index in [9.17, 15) is 4.79 Å². The minimum Gasteiger partial charge on any atom is -0.352 e. The van der Waals surface area contributed by atoms with Gasteiger partial charge in [-0.25, -0.2) is 0 Å². The first-order chi connectivity index (χ1) is 8.66. The van der Waals surface area contributed by atoms with Gasteiger partial charge in [0, 0.05) is 44.8 Å². The van der Waals surface area contributed by atoms with E-state index in [4.69, 9.17) is 5.73 Å². The molecule has 1 aliphatic rings. The van der Waals surface area contributed by atoms with Crippen LogP contribution < -0.4 is 10.6 Å². The molecule has 1 unspecified atom stereocenters. The van der Waals surface area contributed by atoms with E-state index in [1.165, 1.54) is 0 Å². The van der Waals surface area contributed by atoms with E-state index in [-0.39, 0.29) is 36.8 Å². The maximum Gasteiger partial charge on any atom is 0.224 e. The van der Waals surface area contributed by atoms with Crippen molar-refractivity contribution in [2.45, 2.75) is 19.4 Å². The molecule has 1 aromatic heterocycles. The van der Waals surface area contributed by atoms with Gasteiger partial charge in [0.05, 0.1) is 0 Å². The molecule has 2 N–H and O–H groups in total. The molecular formula is C12H21Cl2N5O. The molecule has 1 amide bonds. The van der Waals surface area contributed by atoms with Crippen molar-refractivity contribution in [3.05, 3.63) is 18.3 Å². The molecule has 0 radical (unpaired) electrons. The van der Waals surface area contributed by atoms with Crippen LogP contribution in [0.25, 0.3) is 0 Å². The maximum atomic E-state index is 11.9. The Kier molecular flexibility index (Phi) is 8.45. The van der Waals surface area contributed by atoms with Crippen molar-refractivity contribution in [3.8, 4) is 0 Å². The second kappa shape index (κ2) is 8.94. The SMILES string of the molecule is CC(N)CC(=O)N1CCN(c2cccnn2)CC1.Cl.Cl. The fourth-order valence-electron chi connectivity index (χ4n) is 2.05. The van der Waals surface area contributed by atoms with Crippen molar-refractivity contribution in [2.24, 2.45) is 5.73 Å². The minimum atomic E-state index is -0.0736. The summed E-state index contributed by atoms with van der Waals surface area (Å²) >= 11 is 0. The average Bonchev–Trinajstić information content (AvgIpc) is 2.39. The summed E-state index contributed by atoms with van der Waals surface area (Å²) in [7, 11) is 0. The molecule has 1 aromatic rings. The van der Waals surface area contributed by atoms with Crippen LogP contribution in [0.3, 0.4) is 0 Å². The topological polar surface area (TPSA) is 75.4 Å². The first kappa shape index (κ1) is 18.9. The Morgan fingerprint density at radius 3 is 2.50 bits per heavy atom. The number of hydrogen-bond donors (Lipinski definition) is 1. The number of nitrogens with zero attached hydrogens (tertiary/aromatic N) is 4. The number of piperazine rings is 1. The highest BCUT2D eigenvalue weighted by molar-refractivity contribution is 5.85. The van der Waals surface area contributed by atoms with Gasteiger partial charge in [0.2, 0.25) is 5.91 Å². The molecule has 1 atom stereocenters. The molecule has 1 saturated heterocycles. The Bertz CT molecular complexity index is 396. The summed E-state index contributed by atoms with van der Waals surface area (Å²) in [6.45, 7) is 4.89. The van der Waals surface area contributed by atoms with Crippen molar-refractivity contribution < 1.29 is 4.79 Å². The number of amides is 1. The van der Waals surface area contributed by atoms with Crippen molar-refractivity contribution >= 4 is 36.5 Å². The Balaban J connectivity index is 0.00000180. The van der Waals surface area contributed by atoms with Gasteiger partial charge in [-0.15, -0.1) is 29.9 Å². The van der Waals surface area contributed by atoms with E-state index in [1.54, 1.807) is 6.20 Å². The summed E-state index contributed by atoms with van der Waals surface area (Å²) in [5.41, 5.74) is 5.64. The largest absolute Gasteiger partial charge is 0.352 e. The van der Waals surface area contributed by atoms with Crippen LogP contribution in [0.1, 0.15) is 13.3 Å². The molecule has 2 rings (SSSR count). The lowest BCUT2D eigenvalue weighted by molar-refractivity contribution is -0.131. The Morgan fingerprint density at radius 1 is 1.35 bits per heavy atom. The predicted octanol–water partition coefficient (Wildman–Crippen LogP) is 0.706. The standard InChI is InChI=1S/C12H19N5O.2ClH/c1-10(13)9-12(18)17-7-5-16(6-8-17)11-3-2-4-14-15-11;;/h2-4,10H,5-9,13H2,1H3;2*1H. The molecule has 2 heterocycles. The Labute approximate surface area is 131 Å². The fourth-order valence-corrected chi connectivity index (χ4v) is 2.05. The van der Waals surface area contributed by atoms with Crippen LogP contribution in [0, 0.1) is 0 Å². The highest BCUT2D eigenvalue weighted by atomic mass is 35.5. The third-order valence-electron chi connectivity index (χ3n) is 3.01. The lowest BCUT2D eigenvalue weighted by Gasteiger charge is -2.35. The monoisotopic (exact) mass is 321 g/mol. The van der Waals surface area contributed by atoms with Gasteiger partial charge in [-0.1, -0.05) is 0 Å². The van der Waals surface area contributed by atoms with E-state index in [0.717, 1.165) is 32.0 Å². The smallest absolute Gasteiger partial charge is 0.224 e. The summed E-state index contributed by atoms with van der Waals surface area (Å²) in [4.78, 5) is 15.9. The highest BCUT2D eigenvalue weighted by Gasteiger charge is 2.22. The molecular weight excluding hydrogens is 301 g/mol. The van der Waals surface area contributed by atoms with Crippen LogP contribution in [0.15, 0.2) is 18.3 Å². The van der Waals surface area contributed by atoms with Gasteiger partial charge in [-0.3, -0.25) is 4.79 Å². The van der Waals surface area contributed by atoms with Gasteiger partial charge in [-0.2, -0.15) is 5.10 Å². The third-order valence-corrected chi connectivity index (χ3v) is 3.01. The maximum absolute atomic E-state index is 11.9. The van der Waals surface area contributed by atoms with Crippen LogP contribution in [-0.2, 0) is 4.79 Å². The average molecular weight is 322 g/mol. The lowest BCUT2D eigenvalue weighted by atomic mass is 10.2. The van der Waals surface area contributed by atoms with Crippen molar-refractivity contribution in [1.29, 1.82) is 0 Å². The number of nitrogens with two attached hydrogens (primary N) is 1. The third kappa shape index (κ3) is 5.11. The van der Waals surface area contributed by atoms with Crippen molar-refractivity contribution in [3.63, 3.8) is 0 Å². The molecule has 0 aromatic carbocycles. The zero-order valence-corrected chi connectivity index (χ0v) is 13.1. The zero-order valence-electron chi connectivity index (χ0n) is 11.4. The Morgan fingerprint density at radius 2 is 2.00 bits per heavy atom. The molecule has 8 heteroatoms. The first-order valence-electron chi connectivity index (χ1n) is 6.23. The fraction of sp³-hybridized carbons (Fsp3) is 0.583. The van der Waals surface area contributed by atoms with Gasteiger partial charge >= 0.3 is 0 Å². The van der Waals surface area contributed by atoms with Gasteiger partial charge in [0.25, 0.3) is 0 Å². The van der Waals surface area contributed by atoms with E-state index >= 15 is 0 Å². The number of carbonyl (C=O) groups excluding carboxylic acids is 1. The normalized spacial score (nSPS) is 15.9. The number of aromatic nitrogens is 2. The molecule has 0 aliphatic carbocycles. The molecule has 20 heavy (non-hydrogen) atoms. The van der Waals surface area contributed by atoms with E-state index < -0.39 is 0 Å². The molecule has 6 nitrogen and oxygen atoms in total. The number of rotatable bonds is 3. The summed E-state index contributed by atoms with van der Waals surface area (Å²) in [5.74, 6) is 1.01. The van der Waals surface area contributed by atoms with Crippen molar-refractivity contribution in [1.82, 2.24) is 15.1 Å². The molecule has 114 valence electrons. The number of halogens is 2. The molecule has 0 saturated carbocycles. The van der Waals surface area contributed by atoms with Gasteiger partial charge < -0.3 is 15.5 Å². The van der Waals surface area contributed by atoms with Gasteiger partial charge in [0.1, 0.15) is 0 Å². The van der Waals surface area contributed by atoms with Crippen LogP contribution in [0.2, 0.25) is 0 Å². The number of anilines is 1. The number of hydrogen-bond acceptors (Lipinski definition) is 5. The molecule has 0 spiro atoms. The zero-order chi connectivity index (χ0) is 13.0. The lowest BCUT2D eigenvalue weighted by Crippen LogP contribution is -2.49. The summed E-state index contributed by atoms with van der Waals surface area (Å²) in [6.07, 6.45) is 2.08. The second-order valence-electron chi connectivity index (χ2n) is 4.63. The quantitative estimate of drug-likeness (QED) is 0.887. The van der Waals surface area contributed by atoms with Gasteiger partial charge in [0.15, 0.2) is 5.82 Å². The van der Waals surface area contributed by atoms with Crippen LogP contribution in [0.4, 0.5) is 5.82 Å². The van der Waals surface area contributed by atoms with Crippen LogP contribution >= 0.6 is 24.8 Å². The highest BCUT2D eigenvalue weighted by Crippen LogP contribution is 2.12. The molecule has 0 bridgehead atoms. The molecule has 1 aliphatic heterocycles. The second-order valence-corrected chi connectivity index (χ2v) is 4.63. The summed E-state index contributed by atoms with van der Waals surface area (Å²) in [5, 5.41) is 7.94. The van der Waals surface area contributed by atoms with Crippen LogP contribution in [-0.4, -0.2) is 53.2 Å². The summed E-state index contributed by atoms with van der Waals surface area (Å²) < 4.78 is 0. The van der Waals surface area contributed by atoms with Crippen LogP contribution in [0.5, 0.6) is 0 Å². The van der Waals surface area contributed by atoms with Crippen molar-refractivity contribution in [2.75, 3.05) is 31.1 Å². The predicted molar refractivity (Wildman–Crippen MR) is 83.6 cm³/mol. The van der Waals surface area contributed by atoms with E-state index in [2.05, 4.69) is 15.1 Å². The molecule has 1 fully saturated rings.